The van der Waals surface area contributed by atoms with Gasteiger partial charge in [-0.3, -0.25) is 4.79 Å². The van der Waals surface area contributed by atoms with E-state index in [9.17, 15) is 4.79 Å². The van der Waals surface area contributed by atoms with Gasteiger partial charge in [0.1, 0.15) is 18.0 Å². The fraction of sp³-hybridized carbons (Fsp3) is 0.435. The SMILES string of the molecule is COC1(C(=O)NC(C)c2ccc(OCc3cccc(C)c3)cc2)CCNCC1.Cl. The van der Waals surface area contributed by atoms with Crippen molar-refractivity contribution in [1.29, 1.82) is 0 Å². The van der Waals surface area contributed by atoms with Crippen molar-refractivity contribution < 1.29 is 14.3 Å². The molecule has 1 atom stereocenters. The number of nitrogens with one attached hydrogen (secondary N) is 2. The number of carbonyl (C=O) groups excluding carboxylic acids is 1. The lowest BCUT2D eigenvalue weighted by molar-refractivity contribution is -0.147. The van der Waals surface area contributed by atoms with Crippen LogP contribution in [0.2, 0.25) is 0 Å². The van der Waals surface area contributed by atoms with Crippen LogP contribution in [0.5, 0.6) is 5.75 Å². The number of hydrogen-bond donors (Lipinski definition) is 2. The van der Waals surface area contributed by atoms with Gasteiger partial charge in [0.25, 0.3) is 5.91 Å². The standard InChI is InChI=1S/C23H30N2O3.ClH/c1-17-5-4-6-19(15-17)16-28-21-9-7-20(8-10-21)18(2)25-22(26)23(27-3)11-13-24-14-12-23;/h4-10,15,18,24H,11-14,16H2,1-3H3,(H,25,26);1H. The van der Waals surface area contributed by atoms with E-state index >= 15 is 0 Å². The minimum absolute atomic E-state index is 0. The van der Waals surface area contributed by atoms with Crippen molar-refractivity contribution in [3.05, 3.63) is 65.2 Å². The van der Waals surface area contributed by atoms with Gasteiger partial charge in [0.2, 0.25) is 0 Å². The molecule has 158 valence electrons. The Kier molecular flexibility index (Phi) is 8.50. The molecule has 0 aliphatic carbocycles. The molecule has 0 radical (unpaired) electrons. The first kappa shape index (κ1) is 23.2. The maximum Gasteiger partial charge on any atom is 0.252 e. The van der Waals surface area contributed by atoms with E-state index in [1.807, 2.05) is 37.3 Å². The van der Waals surface area contributed by atoms with Crippen LogP contribution in [0.25, 0.3) is 0 Å². The molecule has 5 nitrogen and oxygen atoms in total. The zero-order valence-electron chi connectivity index (χ0n) is 17.4. The first-order valence-electron chi connectivity index (χ1n) is 9.87. The van der Waals surface area contributed by atoms with E-state index in [1.54, 1.807) is 7.11 Å². The van der Waals surface area contributed by atoms with Crippen LogP contribution in [0.3, 0.4) is 0 Å². The van der Waals surface area contributed by atoms with Crippen molar-refractivity contribution in [1.82, 2.24) is 10.6 Å². The first-order valence-corrected chi connectivity index (χ1v) is 9.87. The molecule has 0 saturated carbocycles. The van der Waals surface area contributed by atoms with Crippen LogP contribution < -0.4 is 15.4 Å². The van der Waals surface area contributed by atoms with Crippen molar-refractivity contribution in [2.75, 3.05) is 20.2 Å². The van der Waals surface area contributed by atoms with Gasteiger partial charge in [-0.1, -0.05) is 42.0 Å². The largest absolute Gasteiger partial charge is 0.489 e. The zero-order valence-corrected chi connectivity index (χ0v) is 18.2. The molecule has 3 rings (SSSR count). The third-order valence-electron chi connectivity index (χ3n) is 5.43. The van der Waals surface area contributed by atoms with Crippen LogP contribution in [-0.2, 0) is 16.1 Å². The molecule has 1 heterocycles. The molecule has 0 spiro atoms. The summed E-state index contributed by atoms with van der Waals surface area (Å²) >= 11 is 0. The van der Waals surface area contributed by atoms with Crippen molar-refractivity contribution >= 4 is 18.3 Å². The number of carbonyl (C=O) groups is 1. The fourth-order valence-corrected chi connectivity index (χ4v) is 3.59. The topological polar surface area (TPSA) is 59.6 Å². The van der Waals surface area contributed by atoms with Crippen LogP contribution >= 0.6 is 12.4 Å². The fourth-order valence-electron chi connectivity index (χ4n) is 3.59. The average molecular weight is 419 g/mol. The summed E-state index contributed by atoms with van der Waals surface area (Å²) in [6.07, 6.45) is 1.38. The van der Waals surface area contributed by atoms with E-state index in [2.05, 4.69) is 35.8 Å². The minimum atomic E-state index is -0.726. The molecule has 6 heteroatoms. The number of piperidine rings is 1. The van der Waals surface area contributed by atoms with Crippen LogP contribution in [0.1, 0.15) is 42.5 Å². The summed E-state index contributed by atoms with van der Waals surface area (Å²) in [4.78, 5) is 12.8. The Hall–Kier alpha value is -2.08. The Morgan fingerprint density at radius 2 is 1.86 bits per heavy atom. The molecule has 1 aliphatic heterocycles. The predicted molar refractivity (Wildman–Crippen MR) is 118 cm³/mol. The van der Waals surface area contributed by atoms with Crippen molar-refractivity contribution in [3.8, 4) is 5.75 Å². The Balaban J connectivity index is 0.00000300. The van der Waals surface area contributed by atoms with E-state index < -0.39 is 5.60 Å². The van der Waals surface area contributed by atoms with Gasteiger partial charge in [-0.2, -0.15) is 0 Å². The Labute approximate surface area is 179 Å². The lowest BCUT2D eigenvalue weighted by atomic mass is 9.90. The number of rotatable bonds is 7. The first-order chi connectivity index (χ1) is 13.5. The lowest BCUT2D eigenvalue weighted by Crippen LogP contribution is -2.54. The smallest absolute Gasteiger partial charge is 0.252 e. The maximum atomic E-state index is 12.8. The van der Waals surface area contributed by atoms with E-state index in [0.717, 1.165) is 30.0 Å². The van der Waals surface area contributed by atoms with Crippen molar-refractivity contribution in [2.24, 2.45) is 0 Å². The van der Waals surface area contributed by atoms with Crippen LogP contribution in [0.4, 0.5) is 0 Å². The number of halogens is 1. The molecule has 1 saturated heterocycles. The number of benzene rings is 2. The van der Waals surface area contributed by atoms with Gasteiger partial charge in [0.05, 0.1) is 6.04 Å². The number of hydrogen-bond acceptors (Lipinski definition) is 4. The van der Waals surface area contributed by atoms with Crippen molar-refractivity contribution in [3.63, 3.8) is 0 Å². The van der Waals surface area contributed by atoms with E-state index in [0.29, 0.717) is 19.4 Å². The third kappa shape index (κ3) is 5.95. The second kappa shape index (κ2) is 10.6. The highest BCUT2D eigenvalue weighted by Gasteiger charge is 2.40. The van der Waals surface area contributed by atoms with Gasteiger partial charge in [-0.05, 0) is 63.0 Å². The summed E-state index contributed by atoms with van der Waals surface area (Å²) in [6.45, 7) is 6.19. The quantitative estimate of drug-likeness (QED) is 0.715. The molecule has 2 N–H and O–H groups in total. The summed E-state index contributed by atoms with van der Waals surface area (Å²) in [5.74, 6) is 0.777. The molecule has 2 aromatic carbocycles. The summed E-state index contributed by atoms with van der Waals surface area (Å²) in [5.41, 5.74) is 2.69. The molecule has 1 unspecified atom stereocenters. The highest BCUT2D eigenvalue weighted by molar-refractivity contribution is 5.86. The molecular weight excluding hydrogens is 388 g/mol. The van der Waals surface area contributed by atoms with E-state index in [4.69, 9.17) is 9.47 Å². The number of ether oxygens (including phenoxy) is 2. The Bertz CT molecular complexity index is 789. The maximum absolute atomic E-state index is 12.8. The van der Waals surface area contributed by atoms with Crippen molar-refractivity contribution in [2.45, 2.75) is 44.9 Å². The molecule has 1 aliphatic rings. The van der Waals surface area contributed by atoms with Gasteiger partial charge in [0, 0.05) is 7.11 Å². The van der Waals surface area contributed by atoms with Crippen LogP contribution in [0, 0.1) is 6.92 Å². The molecule has 2 aromatic rings. The number of aryl methyl sites for hydroxylation is 1. The zero-order chi connectivity index (χ0) is 20.0. The molecule has 0 aromatic heterocycles. The van der Waals surface area contributed by atoms with Gasteiger partial charge in [-0.25, -0.2) is 0 Å². The van der Waals surface area contributed by atoms with Gasteiger partial charge >= 0.3 is 0 Å². The highest BCUT2D eigenvalue weighted by Crippen LogP contribution is 2.25. The molecule has 1 amide bonds. The summed E-state index contributed by atoms with van der Waals surface area (Å²) < 4.78 is 11.5. The molecule has 1 fully saturated rings. The summed E-state index contributed by atoms with van der Waals surface area (Å²) in [6, 6.07) is 16.1. The second-order valence-electron chi connectivity index (χ2n) is 7.49. The molecular formula is C23H31ClN2O3. The summed E-state index contributed by atoms with van der Waals surface area (Å²) in [7, 11) is 1.62. The lowest BCUT2D eigenvalue weighted by Gasteiger charge is -2.35. The summed E-state index contributed by atoms with van der Waals surface area (Å²) in [5, 5.41) is 6.38. The number of methoxy groups -OCH3 is 1. The second-order valence-corrected chi connectivity index (χ2v) is 7.49. The van der Waals surface area contributed by atoms with Gasteiger partial charge in [-0.15, -0.1) is 12.4 Å². The Morgan fingerprint density at radius 1 is 1.17 bits per heavy atom. The Morgan fingerprint density at radius 3 is 2.48 bits per heavy atom. The van der Waals surface area contributed by atoms with Gasteiger partial charge < -0.3 is 20.1 Å². The third-order valence-corrected chi connectivity index (χ3v) is 5.43. The number of amides is 1. The van der Waals surface area contributed by atoms with Crippen LogP contribution in [-0.4, -0.2) is 31.7 Å². The van der Waals surface area contributed by atoms with Gasteiger partial charge in [0.15, 0.2) is 0 Å². The molecule has 0 bridgehead atoms. The normalized spacial score (nSPS) is 16.4. The highest BCUT2D eigenvalue weighted by atomic mass is 35.5. The van der Waals surface area contributed by atoms with E-state index in [1.165, 1.54) is 5.56 Å². The monoisotopic (exact) mass is 418 g/mol. The predicted octanol–water partition coefficient (Wildman–Crippen LogP) is 3.94. The van der Waals surface area contributed by atoms with Crippen LogP contribution in [0.15, 0.2) is 48.5 Å². The average Bonchev–Trinajstić information content (AvgIpc) is 2.73. The van der Waals surface area contributed by atoms with E-state index in [-0.39, 0.29) is 24.4 Å². The molecule has 29 heavy (non-hydrogen) atoms. The minimum Gasteiger partial charge on any atom is -0.489 e.